The summed E-state index contributed by atoms with van der Waals surface area (Å²) in [5, 5.41) is 19.3. The topological polar surface area (TPSA) is 80.6 Å². The molecule has 1 amide bonds. The fourth-order valence-electron chi connectivity index (χ4n) is 3.43. The summed E-state index contributed by atoms with van der Waals surface area (Å²) < 4.78 is 20.9. The van der Waals surface area contributed by atoms with E-state index in [9.17, 15) is 14.3 Å². The van der Waals surface area contributed by atoms with E-state index >= 15 is 0 Å². The highest BCUT2D eigenvalue weighted by Gasteiger charge is 2.20. The summed E-state index contributed by atoms with van der Waals surface area (Å²) in [6, 6.07) is 13.3. The summed E-state index contributed by atoms with van der Waals surface area (Å²) in [7, 11) is 0. The van der Waals surface area contributed by atoms with E-state index in [0.717, 1.165) is 25.2 Å². The van der Waals surface area contributed by atoms with Crippen LogP contribution in [0, 0.1) is 5.82 Å². The number of quaternary nitrogens is 1. The Kier molecular flexibility index (Phi) is 7.36. The van der Waals surface area contributed by atoms with Crippen LogP contribution in [-0.4, -0.2) is 41.3 Å². The predicted octanol–water partition coefficient (Wildman–Crippen LogP) is 3.49. The van der Waals surface area contributed by atoms with Crippen LogP contribution in [0.3, 0.4) is 0 Å². The molecule has 0 unspecified atom stereocenters. The summed E-state index contributed by atoms with van der Waals surface area (Å²) in [6.07, 6.45) is -1.03. The van der Waals surface area contributed by atoms with E-state index in [-0.39, 0.29) is 17.3 Å². The average Bonchev–Trinajstić information content (AvgIpc) is 3.05. The molecule has 164 valence electrons. The standard InChI is InChI=1S/C23H27FN4O3/c1-4-27(5-2)14-15-28-19-12-8-6-10-17(19)21(23(28)30)25-26-22(29)16(3)31-20-13-9-7-11-18(20)24/h6-13,16,30H,4-5,14-15H2,1-3H3/p+1/t16-/m0/s1. The van der Waals surface area contributed by atoms with Gasteiger partial charge in [-0.1, -0.05) is 30.3 Å². The van der Waals surface area contributed by atoms with Gasteiger partial charge in [0.25, 0.3) is 0 Å². The van der Waals surface area contributed by atoms with Gasteiger partial charge >= 0.3 is 5.91 Å². The molecule has 0 saturated carbocycles. The number of halogens is 1. The van der Waals surface area contributed by atoms with E-state index in [4.69, 9.17) is 4.74 Å². The van der Waals surface area contributed by atoms with Crippen molar-refractivity contribution < 1.29 is 23.9 Å². The van der Waals surface area contributed by atoms with Crippen LogP contribution in [0.25, 0.3) is 10.9 Å². The number of likely N-dealkylation sites (N-methyl/N-ethyl adjacent to an activating group) is 1. The van der Waals surface area contributed by atoms with E-state index in [1.807, 2.05) is 24.3 Å². The molecular formula is C23H28FN4O3+. The molecule has 1 aromatic heterocycles. The first-order valence-electron chi connectivity index (χ1n) is 10.5. The molecule has 0 aliphatic rings. The number of aromatic hydroxyl groups is 1. The minimum atomic E-state index is -1.03. The number of nitrogens with one attached hydrogen (secondary N) is 1. The maximum absolute atomic E-state index is 13.7. The van der Waals surface area contributed by atoms with Crippen LogP contribution in [0.5, 0.6) is 11.6 Å². The number of benzene rings is 2. The molecule has 8 heteroatoms. The van der Waals surface area contributed by atoms with Crippen molar-refractivity contribution in [2.75, 3.05) is 19.6 Å². The number of hydrogen-bond acceptors (Lipinski definition) is 4. The minimum Gasteiger partial charge on any atom is -0.493 e. The Labute approximate surface area is 180 Å². The second-order valence-electron chi connectivity index (χ2n) is 7.28. The highest BCUT2D eigenvalue weighted by Crippen LogP contribution is 2.38. The summed E-state index contributed by atoms with van der Waals surface area (Å²) in [5.41, 5.74) is 1.06. The van der Waals surface area contributed by atoms with Crippen molar-refractivity contribution in [2.45, 2.75) is 33.4 Å². The fraction of sp³-hybridized carbons (Fsp3) is 0.348. The van der Waals surface area contributed by atoms with Gasteiger partial charge < -0.3 is 19.3 Å². The number of fused-ring (bicyclic) bond motifs is 1. The van der Waals surface area contributed by atoms with Crippen molar-refractivity contribution in [1.29, 1.82) is 0 Å². The molecule has 0 fully saturated rings. The fourth-order valence-corrected chi connectivity index (χ4v) is 3.43. The molecular weight excluding hydrogens is 399 g/mol. The molecule has 3 aromatic rings. The number of nitrogens with zero attached hydrogens (tertiary/aromatic N) is 3. The third-order valence-corrected chi connectivity index (χ3v) is 5.34. The van der Waals surface area contributed by atoms with E-state index in [1.54, 1.807) is 10.6 Å². The Morgan fingerprint density at radius 1 is 1.16 bits per heavy atom. The van der Waals surface area contributed by atoms with Crippen molar-refractivity contribution in [2.24, 2.45) is 10.2 Å². The molecule has 0 saturated heterocycles. The number of ether oxygens (including phenoxy) is 1. The van der Waals surface area contributed by atoms with Gasteiger partial charge in [0, 0.05) is 5.39 Å². The minimum absolute atomic E-state index is 0.0306. The van der Waals surface area contributed by atoms with E-state index in [2.05, 4.69) is 24.1 Å². The molecule has 3 rings (SSSR count). The lowest BCUT2D eigenvalue weighted by Gasteiger charge is -2.16. The zero-order valence-corrected chi connectivity index (χ0v) is 18.0. The van der Waals surface area contributed by atoms with Gasteiger partial charge in [-0.3, -0.25) is 4.79 Å². The summed E-state index contributed by atoms with van der Waals surface area (Å²) in [5.74, 6) is -1.30. The molecule has 2 aromatic carbocycles. The largest absolute Gasteiger partial charge is 0.493 e. The zero-order valence-electron chi connectivity index (χ0n) is 18.0. The lowest BCUT2D eigenvalue weighted by molar-refractivity contribution is -0.897. The number of carbonyl (C=O) groups excluding carboxylic acids is 1. The summed E-state index contributed by atoms with van der Waals surface area (Å²) >= 11 is 0. The van der Waals surface area contributed by atoms with E-state index in [1.165, 1.54) is 30.0 Å². The van der Waals surface area contributed by atoms with Crippen molar-refractivity contribution >= 4 is 22.5 Å². The third kappa shape index (κ3) is 5.08. The molecule has 0 radical (unpaired) electrons. The first kappa shape index (κ1) is 22.4. The van der Waals surface area contributed by atoms with Gasteiger partial charge in [0.05, 0.1) is 31.7 Å². The number of rotatable bonds is 9. The number of amides is 1. The van der Waals surface area contributed by atoms with E-state index < -0.39 is 17.8 Å². The molecule has 31 heavy (non-hydrogen) atoms. The normalized spacial score (nSPS) is 12.7. The van der Waals surface area contributed by atoms with Gasteiger partial charge in [0.2, 0.25) is 5.88 Å². The molecule has 7 nitrogen and oxygen atoms in total. The molecule has 0 bridgehead atoms. The summed E-state index contributed by atoms with van der Waals surface area (Å²) in [4.78, 5) is 13.8. The number of carbonyl (C=O) groups is 1. The second kappa shape index (κ2) is 10.2. The van der Waals surface area contributed by atoms with Gasteiger partial charge in [-0.05, 0) is 39.0 Å². The van der Waals surface area contributed by atoms with Crippen LogP contribution in [0.15, 0.2) is 58.8 Å². The monoisotopic (exact) mass is 427 g/mol. The Morgan fingerprint density at radius 2 is 1.84 bits per heavy atom. The number of hydrogen-bond donors (Lipinski definition) is 2. The van der Waals surface area contributed by atoms with Gasteiger partial charge in [0.1, 0.15) is 0 Å². The highest BCUT2D eigenvalue weighted by atomic mass is 19.1. The predicted molar refractivity (Wildman–Crippen MR) is 117 cm³/mol. The quantitative estimate of drug-likeness (QED) is 0.513. The Hall–Kier alpha value is -3.26. The molecule has 2 N–H and O–H groups in total. The van der Waals surface area contributed by atoms with Crippen LogP contribution in [0.1, 0.15) is 20.8 Å². The van der Waals surface area contributed by atoms with Crippen LogP contribution >= 0.6 is 0 Å². The number of azo groups is 1. The maximum atomic E-state index is 13.7. The third-order valence-electron chi connectivity index (χ3n) is 5.34. The van der Waals surface area contributed by atoms with Gasteiger partial charge in [-0.2, -0.15) is 0 Å². The lowest BCUT2D eigenvalue weighted by Crippen LogP contribution is -3.11. The smallest absolute Gasteiger partial charge is 0.304 e. The maximum Gasteiger partial charge on any atom is 0.304 e. The molecule has 1 heterocycles. The van der Waals surface area contributed by atoms with Crippen molar-refractivity contribution in [3.63, 3.8) is 0 Å². The van der Waals surface area contributed by atoms with Crippen LogP contribution < -0.4 is 9.64 Å². The summed E-state index contributed by atoms with van der Waals surface area (Å²) in [6.45, 7) is 9.19. The SMILES string of the molecule is CC[NH+](CC)CCn1c(O)c(N=NC(=O)[C@H](C)Oc2ccccc2F)c2ccccc21. The Bertz CT molecular complexity index is 1080. The first-order chi connectivity index (χ1) is 15.0. The highest BCUT2D eigenvalue weighted by molar-refractivity contribution is 5.95. The van der Waals surface area contributed by atoms with Gasteiger partial charge in [-0.25, -0.2) is 4.39 Å². The van der Waals surface area contributed by atoms with Crippen LogP contribution in [-0.2, 0) is 11.3 Å². The average molecular weight is 428 g/mol. The number of para-hydroxylation sites is 2. The van der Waals surface area contributed by atoms with Crippen LogP contribution in [0.4, 0.5) is 10.1 Å². The lowest BCUT2D eigenvalue weighted by atomic mass is 10.2. The van der Waals surface area contributed by atoms with Gasteiger partial charge in [0.15, 0.2) is 23.4 Å². The molecule has 0 aliphatic carbocycles. The first-order valence-corrected chi connectivity index (χ1v) is 10.5. The molecule has 1 atom stereocenters. The Balaban J connectivity index is 1.82. The van der Waals surface area contributed by atoms with E-state index in [0.29, 0.717) is 11.9 Å². The van der Waals surface area contributed by atoms with Crippen molar-refractivity contribution in [3.05, 3.63) is 54.3 Å². The molecule has 0 aliphatic heterocycles. The second-order valence-corrected chi connectivity index (χ2v) is 7.28. The Morgan fingerprint density at radius 3 is 2.55 bits per heavy atom. The molecule has 0 spiro atoms. The zero-order chi connectivity index (χ0) is 22.4. The van der Waals surface area contributed by atoms with Crippen molar-refractivity contribution in [3.8, 4) is 11.6 Å². The van der Waals surface area contributed by atoms with Crippen LogP contribution in [0.2, 0.25) is 0 Å². The van der Waals surface area contributed by atoms with Gasteiger partial charge in [-0.15, -0.1) is 10.2 Å². The van der Waals surface area contributed by atoms with Crippen molar-refractivity contribution in [1.82, 2.24) is 4.57 Å². The number of aromatic nitrogens is 1.